The van der Waals surface area contributed by atoms with Crippen molar-refractivity contribution in [2.24, 2.45) is 0 Å². The number of anilines is 2. The van der Waals surface area contributed by atoms with Crippen molar-refractivity contribution in [2.45, 2.75) is 39.0 Å². The minimum absolute atomic E-state index is 0.0456. The molecule has 1 heterocycles. The first kappa shape index (κ1) is 32.4. The van der Waals surface area contributed by atoms with E-state index in [1.54, 1.807) is 6.92 Å². The van der Waals surface area contributed by atoms with Crippen LogP contribution in [0.5, 0.6) is 0 Å². The van der Waals surface area contributed by atoms with E-state index < -0.39 is 17.6 Å². The predicted molar refractivity (Wildman–Crippen MR) is 181 cm³/mol. The fourth-order valence-electron chi connectivity index (χ4n) is 5.37. The van der Waals surface area contributed by atoms with Crippen molar-refractivity contribution in [3.05, 3.63) is 137 Å². The summed E-state index contributed by atoms with van der Waals surface area (Å²) < 4.78 is 34.2. The van der Waals surface area contributed by atoms with Crippen LogP contribution in [0.25, 0.3) is 11.3 Å². The molecule has 0 saturated carbocycles. The van der Waals surface area contributed by atoms with Crippen LogP contribution in [0.3, 0.4) is 0 Å². The maximum atomic E-state index is 14.7. The maximum absolute atomic E-state index is 14.7. The quantitative estimate of drug-likeness (QED) is 0.131. The number of nitrogens with zero attached hydrogens (tertiary/aromatic N) is 2. The molecule has 0 spiro atoms. The fraction of sp³-hybridized carbons (Fsp3) is 0.263. The summed E-state index contributed by atoms with van der Waals surface area (Å²) in [5, 5.41) is 3.13. The Kier molecular flexibility index (Phi) is 11.5. The highest BCUT2D eigenvalue weighted by molar-refractivity contribution is 5.69. The van der Waals surface area contributed by atoms with Gasteiger partial charge in [0.1, 0.15) is 11.6 Å². The van der Waals surface area contributed by atoms with Crippen LogP contribution in [0, 0.1) is 11.6 Å². The molecule has 5 rings (SSSR count). The molecule has 0 amide bonds. The number of H-pyrrole nitrogens is 1. The first-order valence-corrected chi connectivity index (χ1v) is 15.8. The zero-order chi connectivity index (χ0) is 32.1. The van der Waals surface area contributed by atoms with Crippen molar-refractivity contribution in [3.63, 3.8) is 0 Å². The summed E-state index contributed by atoms with van der Waals surface area (Å²) in [5.74, 6) is -0.973. The summed E-state index contributed by atoms with van der Waals surface area (Å²) in [4.78, 5) is 22.2. The van der Waals surface area contributed by atoms with Crippen molar-refractivity contribution >= 4 is 17.6 Å². The Morgan fingerprint density at radius 1 is 0.957 bits per heavy atom. The van der Waals surface area contributed by atoms with Crippen LogP contribution in [0.15, 0.2) is 114 Å². The number of esters is 1. The highest BCUT2D eigenvalue weighted by Gasteiger charge is 2.15. The van der Waals surface area contributed by atoms with E-state index in [4.69, 9.17) is 9.72 Å². The first-order valence-electron chi connectivity index (χ1n) is 15.8. The number of rotatable bonds is 15. The fourth-order valence-corrected chi connectivity index (χ4v) is 5.37. The van der Waals surface area contributed by atoms with Crippen LogP contribution < -0.4 is 10.2 Å². The van der Waals surface area contributed by atoms with Gasteiger partial charge in [0, 0.05) is 37.3 Å². The van der Waals surface area contributed by atoms with E-state index in [9.17, 15) is 13.6 Å². The molecular formula is C38H40F2N4O2. The normalized spacial score (nSPS) is 12.7. The van der Waals surface area contributed by atoms with Gasteiger partial charge in [-0.15, -0.1) is 0 Å². The van der Waals surface area contributed by atoms with Gasteiger partial charge in [0.05, 0.1) is 18.5 Å². The molecular weight excluding hydrogens is 582 g/mol. The smallest absolute Gasteiger partial charge is 0.306 e. The standard InChI is InChI=1S/C38H40F2N4O2/c1-2-46-37(45)19-18-33-34(39)24-32(25-35(33)40)41-26-30-13-9-12-29(16-17-30)21-23-44(22-20-28-10-5-3-6-11-28)38-42-27-36(43-38)31-14-7-4-8-15-31/h3-11,13-17,24-25,27,41H,2,12,18-23,26H2,1H3,(H,42,43). The van der Waals surface area contributed by atoms with Crippen molar-refractivity contribution < 1.29 is 18.3 Å². The number of hydrogen-bond acceptors (Lipinski definition) is 5. The lowest BCUT2D eigenvalue weighted by molar-refractivity contribution is -0.143. The summed E-state index contributed by atoms with van der Waals surface area (Å²) in [6.45, 7) is 3.98. The van der Waals surface area contributed by atoms with Crippen molar-refractivity contribution in [3.8, 4) is 11.3 Å². The Balaban J connectivity index is 1.20. The van der Waals surface area contributed by atoms with Gasteiger partial charge in [-0.3, -0.25) is 4.79 Å². The molecule has 0 atom stereocenters. The number of benzene rings is 3. The van der Waals surface area contributed by atoms with Gasteiger partial charge in [-0.05, 0) is 61.4 Å². The Morgan fingerprint density at radius 2 is 1.67 bits per heavy atom. The molecule has 1 aliphatic carbocycles. The number of carbonyl (C=O) groups is 1. The summed E-state index contributed by atoms with van der Waals surface area (Å²) in [5.41, 5.74) is 5.90. The zero-order valence-electron chi connectivity index (χ0n) is 26.1. The van der Waals surface area contributed by atoms with Crippen LogP contribution in [0.1, 0.15) is 37.3 Å². The monoisotopic (exact) mass is 622 g/mol. The highest BCUT2D eigenvalue weighted by atomic mass is 19.1. The molecule has 4 aromatic rings. The van der Waals surface area contributed by atoms with Gasteiger partial charge < -0.3 is 19.9 Å². The predicted octanol–water partition coefficient (Wildman–Crippen LogP) is 8.21. The van der Waals surface area contributed by atoms with E-state index in [1.165, 1.54) is 23.3 Å². The lowest BCUT2D eigenvalue weighted by atomic mass is 10.1. The molecule has 3 aromatic carbocycles. The lowest BCUT2D eigenvalue weighted by Gasteiger charge is -2.22. The molecule has 46 heavy (non-hydrogen) atoms. The van der Waals surface area contributed by atoms with Gasteiger partial charge in [-0.2, -0.15) is 0 Å². The van der Waals surface area contributed by atoms with Crippen LogP contribution in [-0.4, -0.2) is 42.2 Å². The Bertz CT molecular complexity index is 1660. The topological polar surface area (TPSA) is 70.2 Å². The third kappa shape index (κ3) is 9.27. The molecule has 8 heteroatoms. The van der Waals surface area contributed by atoms with Gasteiger partial charge in [0.25, 0.3) is 0 Å². The molecule has 6 nitrogen and oxygen atoms in total. The zero-order valence-corrected chi connectivity index (χ0v) is 26.1. The van der Waals surface area contributed by atoms with Crippen LogP contribution in [0.4, 0.5) is 20.4 Å². The number of carbonyl (C=O) groups excluding carboxylic acids is 1. The average molecular weight is 623 g/mol. The molecule has 0 fully saturated rings. The van der Waals surface area contributed by atoms with Crippen LogP contribution in [-0.2, 0) is 22.4 Å². The van der Waals surface area contributed by atoms with E-state index in [0.29, 0.717) is 12.2 Å². The van der Waals surface area contributed by atoms with Gasteiger partial charge in [0.2, 0.25) is 5.95 Å². The van der Waals surface area contributed by atoms with E-state index in [-0.39, 0.29) is 25.0 Å². The molecule has 0 aliphatic heterocycles. The largest absolute Gasteiger partial charge is 0.466 e. The second-order valence-electron chi connectivity index (χ2n) is 11.2. The minimum atomic E-state index is -0.677. The van der Waals surface area contributed by atoms with Crippen molar-refractivity contribution in [1.82, 2.24) is 9.97 Å². The summed E-state index contributed by atoms with van der Waals surface area (Å²) in [6.07, 6.45) is 12.7. The number of aromatic amines is 1. The molecule has 2 N–H and O–H groups in total. The number of hydrogen-bond donors (Lipinski definition) is 2. The number of halogens is 2. The summed E-state index contributed by atoms with van der Waals surface area (Å²) >= 11 is 0. The highest BCUT2D eigenvalue weighted by Crippen LogP contribution is 2.24. The number of aromatic nitrogens is 2. The molecule has 1 aliphatic rings. The molecule has 0 radical (unpaired) electrons. The summed E-state index contributed by atoms with van der Waals surface area (Å²) in [7, 11) is 0. The van der Waals surface area contributed by atoms with E-state index >= 15 is 0 Å². The van der Waals surface area contributed by atoms with Gasteiger partial charge in [-0.1, -0.05) is 90.5 Å². The average Bonchev–Trinajstić information content (AvgIpc) is 3.45. The third-order valence-electron chi connectivity index (χ3n) is 7.93. The van der Waals surface area contributed by atoms with Gasteiger partial charge >= 0.3 is 5.97 Å². The Labute approximate surface area is 269 Å². The Morgan fingerprint density at radius 3 is 2.41 bits per heavy atom. The van der Waals surface area contributed by atoms with Gasteiger partial charge in [0.15, 0.2) is 0 Å². The van der Waals surface area contributed by atoms with Gasteiger partial charge in [-0.25, -0.2) is 13.8 Å². The molecule has 1 aromatic heterocycles. The van der Waals surface area contributed by atoms with Crippen LogP contribution in [0.2, 0.25) is 0 Å². The number of nitrogens with one attached hydrogen (secondary N) is 2. The Hall–Kier alpha value is -4.98. The van der Waals surface area contributed by atoms with Crippen molar-refractivity contribution in [2.75, 3.05) is 36.5 Å². The van der Waals surface area contributed by atoms with E-state index in [2.05, 4.69) is 69.8 Å². The summed E-state index contributed by atoms with van der Waals surface area (Å²) in [6, 6.07) is 23.2. The molecule has 0 saturated heterocycles. The molecule has 0 unspecified atom stereocenters. The number of imidazole rings is 1. The van der Waals surface area contributed by atoms with E-state index in [1.807, 2.05) is 36.5 Å². The molecule has 0 bridgehead atoms. The van der Waals surface area contributed by atoms with Crippen molar-refractivity contribution in [1.29, 1.82) is 0 Å². The second kappa shape index (κ2) is 16.4. The number of allylic oxidation sites excluding steroid dienone is 3. The third-order valence-corrected chi connectivity index (χ3v) is 7.93. The second-order valence-corrected chi connectivity index (χ2v) is 11.2. The van der Waals surface area contributed by atoms with E-state index in [0.717, 1.165) is 55.1 Å². The minimum Gasteiger partial charge on any atom is -0.466 e. The first-order chi connectivity index (χ1) is 22.5. The lowest BCUT2D eigenvalue weighted by Crippen LogP contribution is -2.28. The van der Waals surface area contributed by atoms with Crippen LogP contribution >= 0.6 is 0 Å². The SMILES string of the molecule is CCOC(=O)CCc1c(F)cc(NCC2=CC=C(CCN(CCc3ccccc3)c3ncc(-c4ccccc4)[nH]3)CC=C2)cc1F. The number of ether oxygens (including phenoxy) is 1. The maximum Gasteiger partial charge on any atom is 0.306 e. The molecule has 238 valence electrons.